The minimum Gasteiger partial charge on any atom is -0.489 e. The number of carbonyl (C=O) groups excluding carboxylic acids is 3. The molecular weight excluding hydrogens is 446 g/mol. The van der Waals surface area contributed by atoms with Crippen molar-refractivity contribution in [3.05, 3.63) is 88.8 Å². The van der Waals surface area contributed by atoms with Gasteiger partial charge in [-0.15, -0.1) is 5.10 Å². The molecule has 0 bridgehead atoms. The monoisotopic (exact) mass is 471 g/mol. The molecule has 2 aliphatic rings. The molecular formula is C26H25N5O4. The van der Waals surface area contributed by atoms with Gasteiger partial charge in [-0.25, -0.2) is 4.68 Å². The van der Waals surface area contributed by atoms with Crippen LogP contribution in [0, 0.1) is 0 Å². The fourth-order valence-electron chi connectivity index (χ4n) is 4.64. The van der Waals surface area contributed by atoms with Gasteiger partial charge in [0.15, 0.2) is 5.78 Å². The van der Waals surface area contributed by atoms with E-state index in [0.717, 1.165) is 28.7 Å². The number of nitrogens with two attached hydrogens (primary N) is 1. The molecule has 1 fully saturated rings. The second-order valence-corrected chi connectivity index (χ2v) is 8.91. The maximum absolute atomic E-state index is 13.0. The molecule has 2 amide bonds. The highest BCUT2D eigenvalue weighted by atomic mass is 16.5. The van der Waals surface area contributed by atoms with E-state index in [9.17, 15) is 14.4 Å². The zero-order valence-electron chi connectivity index (χ0n) is 19.1. The van der Waals surface area contributed by atoms with Crippen LogP contribution in [0.2, 0.25) is 0 Å². The third kappa shape index (κ3) is 4.44. The number of aromatic nitrogens is 3. The number of rotatable bonds is 7. The summed E-state index contributed by atoms with van der Waals surface area (Å²) in [5, 5.41) is 7.64. The van der Waals surface area contributed by atoms with E-state index in [2.05, 4.69) is 16.9 Å². The third-order valence-electron chi connectivity index (χ3n) is 6.52. The van der Waals surface area contributed by atoms with Gasteiger partial charge >= 0.3 is 0 Å². The molecule has 9 nitrogen and oxygen atoms in total. The Morgan fingerprint density at radius 2 is 1.91 bits per heavy atom. The number of hydrogen-bond acceptors (Lipinski definition) is 6. The highest BCUT2D eigenvalue weighted by molar-refractivity contribution is 6.02. The lowest BCUT2D eigenvalue weighted by molar-refractivity contribution is -0.124. The summed E-state index contributed by atoms with van der Waals surface area (Å²) in [5.41, 5.74) is 9.81. The van der Waals surface area contributed by atoms with Crippen LogP contribution in [0.15, 0.2) is 60.8 Å². The number of nitrogens with zero attached hydrogens (tertiary/aromatic N) is 4. The summed E-state index contributed by atoms with van der Waals surface area (Å²) >= 11 is 0. The predicted octanol–water partition coefficient (Wildman–Crippen LogP) is 2.64. The smallest absolute Gasteiger partial charge is 0.268 e. The molecule has 1 aliphatic carbocycles. The van der Waals surface area contributed by atoms with E-state index in [1.807, 2.05) is 30.3 Å². The average molecular weight is 472 g/mol. The van der Waals surface area contributed by atoms with E-state index in [-0.39, 0.29) is 17.4 Å². The number of Topliss-reactive ketones (excluding diaryl/α,β-unsaturated/α-hetero) is 1. The molecule has 1 aromatic heterocycles. The van der Waals surface area contributed by atoms with Crippen molar-refractivity contribution in [2.45, 2.75) is 45.0 Å². The molecule has 0 spiro atoms. The first-order valence-electron chi connectivity index (χ1n) is 11.4. The van der Waals surface area contributed by atoms with Crippen LogP contribution in [0.1, 0.15) is 56.8 Å². The predicted molar refractivity (Wildman–Crippen MR) is 127 cm³/mol. The van der Waals surface area contributed by atoms with Gasteiger partial charge < -0.3 is 15.4 Å². The average Bonchev–Trinajstić information content (AvgIpc) is 3.44. The summed E-state index contributed by atoms with van der Waals surface area (Å²) in [7, 11) is 0. The summed E-state index contributed by atoms with van der Waals surface area (Å²) in [5.74, 6) is -0.00232. The van der Waals surface area contributed by atoms with Gasteiger partial charge in [-0.2, -0.15) is 0 Å². The van der Waals surface area contributed by atoms with Crippen LogP contribution in [0.25, 0.3) is 0 Å². The standard InChI is InChI=1S/C26H25N5O4/c1-16-5-10-21(23(32)11-16)30-14-20-19(26(30)34)3-2-4-24(20)35-15-18-8-6-17(7-9-18)13-31-22(25(27)33)12-28-29-31/h2-4,6-9,12,21H,1,5,10-11,13-15H2,(H2,27,33). The SMILES string of the molecule is C=C1CCC(N2Cc3c(OCc4ccc(Cn5nncc5C(N)=O)cc4)cccc3C2=O)C(=O)C1. The van der Waals surface area contributed by atoms with E-state index >= 15 is 0 Å². The molecule has 3 aromatic rings. The van der Waals surface area contributed by atoms with Crippen molar-refractivity contribution in [2.24, 2.45) is 5.73 Å². The van der Waals surface area contributed by atoms with E-state index in [0.29, 0.717) is 43.9 Å². The maximum Gasteiger partial charge on any atom is 0.268 e. The van der Waals surface area contributed by atoms with Crippen LogP contribution < -0.4 is 10.5 Å². The first-order chi connectivity index (χ1) is 16.9. The summed E-state index contributed by atoms with van der Waals surface area (Å²) in [6.07, 6.45) is 3.06. The largest absolute Gasteiger partial charge is 0.489 e. The van der Waals surface area contributed by atoms with Crippen LogP contribution >= 0.6 is 0 Å². The molecule has 2 N–H and O–H groups in total. The Morgan fingerprint density at radius 1 is 1.14 bits per heavy atom. The summed E-state index contributed by atoms with van der Waals surface area (Å²) < 4.78 is 7.55. The van der Waals surface area contributed by atoms with Gasteiger partial charge in [0, 0.05) is 17.5 Å². The number of carbonyl (C=O) groups is 3. The van der Waals surface area contributed by atoms with Gasteiger partial charge in [-0.3, -0.25) is 14.4 Å². The Labute approximate surface area is 202 Å². The lowest BCUT2D eigenvalue weighted by Gasteiger charge is -2.30. The number of ketones is 1. The Bertz CT molecular complexity index is 1330. The van der Waals surface area contributed by atoms with Gasteiger partial charge in [-0.05, 0) is 36.1 Å². The van der Waals surface area contributed by atoms with E-state index in [1.54, 1.807) is 17.0 Å². The van der Waals surface area contributed by atoms with Gasteiger partial charge in [-0.1, -0.05) is 47.7 Å². The zero-order valence-corrected chi connectivity index (χ0v) is 19.1. The number of fused-ring (bicyclic) bond motifs is 1. The molecule has 1 aliphatic heterocycles. The zero-order chi connectivity index (χ0) is 24.5. The van der Waals surface area contributed by atoms with Crippen LogP contribution in [0.4, 0.5) is 0 Å². The molecule has 9 heteroatoms. The first-order valence-corrected chi connectivity index (χ1v) is 11.4. The van der Waals surface area contributed by atoms with Gasteiger partial charge in [0.25, 0.3) is 11.8 Å². The minimum atomic E-state index is -0.578. The van der Waals surface area contributed by atoms with Crippen molar-refractivity contribution < 1.29 is 19.1 Å². The van der Waals surface area contributed by atoms with Gasteiger partial charge in [0.05, 0.1) is 25.3 Å². The second kappa shape index (κ2) is 9.17. The number of benzene rings is 2. The maximum atomic E-state index is 13.0. The normalized spacial score (nSPS) is 17.5. The van der Waals surface area contributed by atoms with Crippen LogP contribution in [-0.2, 0) is 24.5 Å². The minimum absolute atomic E-state index is 0.0545. The number of ether oxygens (including phenoxy) is 1. The number of primary amides is 1. The van der Waals surface area contributed by atoms with Crippen LogP contribution in [0.3, 0.4) is 0 Å². The highest BCUT2D eigenvalue weighted by Crippen LogP contribution is 2.35. The molecule has 5 rings (SSSR count). The van der Waals surface area contributed by atoms with Gasteiger partial charge in [0.1, 0.15) is 18.1 Å². The Hall–Kier alpha value is -4.27. The molecule has 1 unspecified atom stereocenters. The second-order valence-electron chi connectivity index (χ2n) is 8.91. The Morgan fingerprint density at radius 3 is 2.66 bits per heavy atom. The number of amides is 2. The lowest BCUT2D eigenvalue weighted by Crippen LogP contribution is -2.43. The van der Waals surface area contributed by atoms with E-state index < -0.39 is 11.9 Å². The third-order valence-corrected chi connectivity index (χ3v) is 6.52. The van der Waals surface area contributed by atoms with Crippen molar-refractivity contribution in [1.29, 1.82) is 0 Å². The molecule has 35 heavy (non-hydrogen) atoms. The molecule has 2 heterocycles. The fourth-order valence-corrected chi connectivity index (χ4v) is 4.64. The van der Waals surface area contributed by atoms with Crippen LogP contribution in [0.5, 0.6) is 5.75 Å². The van der Waals surface area contributed by atoms with Crippen molar-refractivity contribution in [2.75, 3.05) is 0 Å². The molecule has 0 saturated heterocycles. The Balaban J connectivity index is 1.25. The Kier molecular flexibility index (Phi) is 5.90. The summed E-state index contributed by atoms with van der Waals surface area (Å²) in [4.78, 5) is 38.7. The summed E-state index contributed by atoms with van der Waals surface area (Å²) in [6, 6.07) is 12.8. The van der Waals surface area contributed by atoms with Crippen molar-refractivity contribution >= 4 is 17.6 Å². The molecule has 178 valence electrons. The highest BCUT2D eigenvalue weighted by Gasteiger charge is 2.39. The molecule has 1 atom stereocenters. The lowest BCUT2D eigenvalue weighted by atomic mass is 9.90. The molecule has 2 aromatic carbocycles. The summed E-state index contributed by atoms with van der Waals surface area (Å²) in [6.45, 7) is 4.98. The topological polar surface area (TPSA) is 120 Å². The van der Waals surface area contributed by atoms with Gasteiger partial charge in [0.2, 0.25) is 0 Å². The van der Waals surface area contributed by atoms with Crippen LogP contribution in [-0.4, -0.2) is 43.5 Å². The van der Waals surface area contributed by atoms with E-state index in [1.165, 1.54) is 10.9 Å². The van der Waals surface area contributed by atoms with Crippen molar-refractivity contribution in [1.82, 2.24) is 19.9 Å². The van der Waals surface area contributed by atoms with Crippen molar-refractivity contribution in [3.63, 3.8) is 0 Å². The first kappa shape index (κ1) is 22.5. The van der Waals surface area contributed by atoms with E-state index in [4.69, 9.17) is 10.5 Å². The fraction of sp³-hybridized carbons (Fsp3) is 0.269. The van der Waals surface area contributed by atoms with Crippen molar-refractivity contribution in [3.8, 4) is 5.75 Å². The molecule has 1 saturated carbocycles. The quantitative estimate of drug-likeness (QED) is 0.529. The number of allylic oxidation sites excluding steroid dienone is 1. The molecule has 0 radical (unpaired) electrons. The number of hydrogen-bond donors (Lipinski definition) is 1.